The highest BCUT2D eigenvalue weighted by atomic mass is 32.1. The molecule has 6 rings (SSSR count). The van der Waals surface area contributed by atoms with Crippen LogP contribution in [0.25, 0.3) is 27.3 Å². The van der Waals surface area contributed by atoms with Crippen LogP contribution in [-0.4, -0.2) is 79.2 Å². The van der Waals surface area contributed by atoms with E-state index in [4.69, 9.17) is 14.2 Å². The first kappa shape index (κ1) is 40.2. The molecule has 14 heteroatoms. The molecule has 12 nitrogen and oxygen atoms in total. The summed E-state index contributed by atoms with van der Waals surface area (Å²) in [6.45, 7) is 2.21. The van der Waals surface area contributed by atoms with Crippen LogP contribution < -0.4 is 25.1 Å². The van der Waals surface area contributed by atoms with E-state index in [-0.39, 0.29) is 29.0 Å². The molecule has 292 valence electrons. The first-order chi connectivity index (χ1) is 27.1. The van der Waals surface area contributed by atoms with Gasteiger partial charge in [-0.1, -0.05) is 12.1 Å². The average molecular weight is 795 g/mol. The molecule has 1 atom stereocenters. The second-order valence-corrected chi connectivity index (χ2v) is 15.8. The van der Waals surface area contributed by atoms with Crippen LogP contribution in [0, 0.1) is 11.3 Å². The van der Waals surface area contributed by atoms with Gasteiger partial charge in [0.25, 0.3) is 17.4 Å². The lowest BCUT2D eigenvalue weighted by atomic mass is 10.0. The Morgan fingerprint density at radius 3 is 2.59 bits per heavy atom. The number of hydrogen-bond acceptors (Lipinski definition) is 11. The van der Waals surface area contributed by atoms with Gasteiger partial charge in [-0.3, -0.25) is 14.4 Å². The first-order valence-electron chi connectivity index (χ1n) is 18.5. The number of pyridine rings is 1. The number of carbonyl (C=O) groups excluding carboxylic acids is 2. The monoisotopic (exact) mass is 794 g/mol. The van der Waals surface area contributed by atoms with Gasteiger partial charge < -0.3 is 33.9 Å². The number of benzene rings is 2. The van der Waals surface area contributed by atoms with Gasteiger partial charge in [-0.25, -0.2) is 4.98 Å². The molecule has 1 N–H and O–H groups in total. The molecule has 1 unspecified atom stereocenters. The molecule has 5 aromatic rings. The number of thiazole rings is 1. The Morgan fingerprint density at radius 1 is 1.11 bits per heavy atom. The summed E-state index contributed by atoms with van der Waals surface area (Å²) in [5.74, 6) is 1.59. The lowest BCUT2D eigenvalue weighted by molar-refractivity contribution is -0.127. The van der Waals surface area contributed by atoms with E-state index in [1.165, 1.54) is 27.2 Å². The zero-order valence-corrected chi connectivity index (χ0v) is 33.9. The zero-order valence-electron chi connectivity index (χ0n) is 32.3. The highest BCUT2D eigenvalue weighted by Gasteiger charge is 2.32. The molecule has 1 aliphatic rings. The fraction of sp³-hybridized carbons (Fsp3) is 0.357. The summed E-state index contributed by atoms with van der Waals surface area (Å²) in [7, 11) is 8.92. The van der Waals surface area contributed by atoms with Crippen molar-refractivity contribution in [3.8, 4) is 34.4 Å². The third-order valence-electron chi connectivity index (χ3n) is 9.67. The van der Waals surface area contributed by atoms with E-state index in [1.807, 2.05) is 60.8 Å². The number of unbranched alkanes of at least 4 members (excludes halogenated alkanes) is 2. The Labute approximate surface area is 334 Å². The van der Waals surface area contributed by atoms with Crippen molar-refractivity contribution in [3.05, 3.63) is 97.2 Å². The number of nitrogens with zero attached hydrogens (tertiary/aromatic N) is 5. The number of carbonyl (C=O) groups is 2. The van der Waals surface area contributed by atoms with Crippen LogP contribution in [0.3, 0.4) is 0 Å². The van der Waals surface area contributed by atoms with Gasteiger partial charge in [0, 0.05) is 54.7 Å². The smallest absolute Gasteiger partial charge is 0.265 e. The van der Waals surface area contributed by atoms with Crippen LogP contribution in [0.15, 0.2) is 70.6 Å². The SMILES string of the molecule is COc1cc(-c2cn(C)c(=O)c3cc(C(=O)NCCCCCOc4cccc(C5CCCN5C(=O)C(C#N)=Cc5nccs5)c4)sc23)cc(OC)c1CN(C)C. The number of nitrogens with one attached hydrogen (secondary N) is 1. The minimum absolute atomic E-state index is 0.0827. The van der Waals surface area contributed by atoms with Gasteiger partial charge in [-0.15, -0.1) is 22.7 Å². The summed E-state index contributed by atoms with van der Waals surface area (Å²) in [6, 6.07) is 15.3. The molecule has 2 aromatic carbocycles. The van der Waals surface area contributed by atoms with Crippen LogP contribution in [0.5, 0.6) is 17.2 Å². The molecule has 2 amide bonds. The van der Waals surface area contributed by atoms with E-state index in [9.17, 15) is 19.6 Å². The molecule has 0 radical (unpaired) electrons. The van der Waals surface area contributed by atoms with Gasteiger partial charge in [-0.05, 0) is 93.7 Å². The standard InChI is InChI=1S/C42H46N6O6S2/c1-46(2)25-33-35(52-4)20-28(21-36(33)53-5)32-26-47(3)42(51)31-23-37(56-39(31)32)40(49)45-14-7-6-8-17-54-30-12-9-11-27(19-30)34-13-10-16-48(34)41(50)29(24-43)22-38-44-15-18-55-38/h9,11-12,15,18-23,26,34H,6-8,10,13-14,16-17,25H2,1-5H3,(H,45,49). The van der Waals surface area contributed by atoms with Crippen molar-refractivity contribution < 1.29 is 23.8 Å². The molecule has 1 saturated heterocycles. The molecular weight excluding hydrogens is 749 g/mol. The number of nitriles is 1. The fourth-order valence-corrected chi connectivity index (χ4v) is 8.62. The van der Waals surface area contributed by atoms with Crippen LogP contribution in [0.2, 0.25) is 0 Å². The summed E-state index contributed by atoms with van der Waals surface area (Å²) in [4.78, 5) is 48.3. The van der Waals surface area contributed by atoms with E-state index >= 15 is 0 Å². The topological polar surface area (TPSA) is 139 Å². The molecular formula is C42H46N6O6S2. The number of methoxy groups -OCH3 is 2. The number of thiophene rings is 1. The van der Waals surface area contributed by atoms with Crippen molar-refractivity contribution in [3.63, 3.8) is 0 Å². The van der Waals surface area contributed by atoms with Gasteiger partial charge in [0.1, 0.15) is 33.9 Å². The predicted molar refractivity (Wildman–Crippen MR) is 221 cm³/mol. The Hall–Kier alpha value is -5.49. The summed E-state index contributed by atoms with van der Waals surface area (Å²) in [6.07, 6.45) is 9.07. The minimum Gasteiger partial charge on any atom is -0.496 e. The van der Waals surface area contributed by atoms with Gasteiger partial charge in [0.2, 0.25) is 0 Å². The molecule has 4 heterocycles. The second kappa shape index (κ2) is 18.4. The molecule has 3 aromatic heterocycles. The number of aryl methyl sites for hydroxylation is 1. The van der Waals surface area contributed by atoms with Crippen LogP contribution in [0.1, 0.15) is 64.0 Å². The number of likely N-dealkylation sites (tertiary alicyclic amines) is 1. The van der Waals surface area contributed by atoms with E-state index in [2.05, 4.69) is 16.4 Å². The van der Waals surface area contributed by atoms with Crippen molar-refractivity contribution in [2.75, 3.05) is 48.0 Å². The summed E-state index contributed by atoms with van der Waals surface area (Å²) < 4.78 is 19.9. The van der Waals surface area contributed by atoms with Crippen molar-refractivity contribution in [2.45, 2.75) is 44.7 Å². The third kappa shape index (κ3) is 9.13. The summed E-state index contributed by atoms with van der Waals surface area (Å²) in [5, 5.41) is 15.6. The third-order valence-corrected chi connectivity index (χ3v) is 11.6. The molecule has 0 saturated carbocycles. The average Bonchev–Trinajstić information content (AvgIpc) is 4.00. The molecule has 0 spiro atoms. The van der Waals surface area contributed by atoms with Gasteiger partial charge in [0.05, 0.1) is 42.7 Å². The highest BCUT2D eigenvalue weighted by Crippen LogP contribution is 2.40. The number of hydrogen-bond donors (Lipinski definition) is 1. The number of amides is 2. The Balaban J connectivity index is 1.02. The molecule has 1 fully saturated rings. The van der Waals surface area contributed by atoms with E-state index in [0.717, 1.165) is 64.8 Å². The van der Waals surface area contributed by atoms with Crippen LogP contribution in [0.4, 0.5) is 0 Å². The van der Waals surface area contributed by atoms with Crippen molar-refractivity contribution >= 4 is 50.7 Å². The lowest BCUT2D eigenvalue weighted by Gasteiger charge is -2.25. The predicted octanol–water partition coefficient (Wildman–Crippen LogP) is 7.05. The molecule has 56 heavy (non-hydrogen) atoms. The lowest BCUT2D eigenvalue weighted by Crippen LogP contribution is -2.31. The van der Waals surface area contributed by atoms with E-state index < -0.39 is 0 Å². The van der Waals surface area contributed by atoms with Crippen LogP contribution >= 0.6 is 22.7 Å². The fourth-order valence-electron chi connectivity index (χ4n) is 6.96. The quantitative estimate of drug-likeness (QED) is 0.0633. The van der Waals surface area contributed by atoms with Crippen LogP contribution in [-0.2, 0) is 18.4 Å². The van der Waals surface area contributed by atoms with Crippen molar-refractivity contribution in [1.29, 1.82) is 5.26 Å². The largest absolute Gasteiger partial charge is 0.496 e. The van der Waals surface area contributed by atoms with Gasteiger partial charge in [0.15, 0.2) is 0 Å². The first-order valence-corrected chi connectivity index (χ1v) is 20.2. The molecule has 0 aliphatic carbocycles. The number of ether oxygens (including phenoxy) is 3. The van der Waals surface area contributed by atoms with E-state index in [1.54, 1.807) is 50.7 Å². The Morgan fingerprint density at radius 2 is 1.89 bits per heavy atom. The second-order valence-electron chi connectivity index (χ2n) is 13.8. The molecule has 1 aliphatic heterocycles. The Bertz CT molecular complexity index is 2300. The highest BCUT2D eigenvalue weighted by molar-refractivity contribution is 7.21. The minimum atomic E-state index is -0.284. The maximum atomic E-state index is 13.3. The van der Waals surface area contributed by atoms with Gasteiger partial charge >= 0.3 is 0 Å². The van der Waals surface area contributed by atoms with Gasteiger partial charge in [-0.2, -0.15) is 5.26 Å². The van der Waals surface area contributed by atoms with Crippen molar-refractivity contribution in [1.82, 2.24) is 24.7 Å². The summed E-state index contributed by atoms with van der Waals surface area (Å²) >= 11 is 2.68. The maximum absolute atomic E-state index is 13.3. The zero-order chi connectivity index (χ0) is 39.8. The normalized spacial score (nSPS) is 14.3. The van der Waals surface area contributed by atoms with Crippen molar-refractivity contribution in [2.24, 2.45) is 7.05 Å². The molecule has 0 bridgehead atoms. The number of rotatable bonds is 16. The van der Waals surface area contributed by atoms with E-state index in [0.29, 0.717) is 53.0 Å². The maximum Gasteiger partial charge on any atom is 0.265 e. The number of fused-ring (bicyclic) bond motifs is 1. The number of aromatic nitrogens is 2. The summed E-state index contributed by atoms with van der Waals surface area (Å²) in [5.41, 5.74) is 3.45. The Kier molecular flexibility index (Phi) is 13.2.